The van der Waals surface area contributed by atoms with Crippen molar-refractivity contribution < 1.29 is 19.4 Å². The molecule has 3 aromatic rings. The number of aryl methyl sites for hydroxylation is 3. The number of para-hydroxylation sites is 1. The molecule has 0 spiro atoms. The minimum atomic E-state index is -1.11. The summed E-state index contributed by atoms with van der Waals surface area (Å²) in [6, 6.07) is 11.4. The normalized spacial score (nSPS) is 10.6. The number of rotatable bonds is 9. The van der Waals surface area contributed by atoms with Crippen molar-refractivity contribution in [2.45, 2.75) is 27.4 Å². The van der Waals surface area contributed by atoms with E-state index in [1.54, 1.807) is 12.1 Å². The van der Waals surface area contributed by atoms with E-state index in [9.17, 15) is 9.90 Å². The Bertz CT molecular complexity index is 1070. The van der Waals surface area contributed by atoms with Crippen molar-refractivity contribution in [3.05, 3.63) is 75.6 Å². The summed E-state index contributed by atoms with van der Waals surface area (Å²) in [6.07, 6.45) is 1.27. The summed E-state index contributed by atoms with van der Waals surface area (Å²) < 4.78 is 11.5. The number of nitrogens with one attached hydrogen (secondary N) is 1. The van der Waals surface area contributed by atoms with Crippen LogP contribution in [-0.4, -0.2) is 34.2 Å². The van der Waals surface area contributed by atoms with Gasteiger partial charge in [0.1, 0.15) is 30.3 Å². The topological polar surface area (TPSA) is 93.6 Å². The van der Waals surface area contributed by atoms with Crippen molar-refractivity contribution in [3.8, 4) is 11.5 Å². The molecule has 0 saturated heterocycles. The van der Waals surface area contributed by atoms with Gasteiger partial charge in [-0.05, 0) is 55.7 Å². The molecule has 0 amide bonds. The minimum Gasteiger partial charge on any atom is -0.491 e. The third-order valence-electron chi connectivity index (χ3n) is 4.62. The summed E-state index contributed by atoms with van der Waals surface area (Å²) in [5.74, 6) is 0.599. The number of aromatic carboxylic acids is 1. The van der Waals surface area contributed by atoms with E-state index in [4.69, 9.17) is 21.1 Å². The monoisotopic (exact) mass is 441 g/mol. The molecule has 3 rings (SSSR count). The van der Waals surface area contributed by atoms with Gasteiger partial charge in [0.15, 0.2) is 0 Å². The van der Waals surface area contributed by atoms with E-state index in [1.165, 1.54) is 6.20 Å². The second-order valence-corrected chi connectivity index (χ2v) is 7.44. The Balaban J connectivity index is 1.65. The predicted octanol–water partition coefficient (Wildman–Crippen LogP) is 4.82. The Labute approximate surface area is 186 Å². The van der Waals surface area contributed by atoms with Crippen LogP contribution in [0.2, 0.25) is 5.02 Å². The molecule has 0 aliphatic rings. The number of aromatic nitrogens is 2. The van der Waals surface area contributed by atoms with Crippen molar-refractivity contribution in [1.29, 1.82) is 0 Å². The van der Waals surface area contributed by atoms with E-state index < -0.39 is 5.97 Å². The molecule has 0 saturated carbocycles. The zero-order valence-electron chi connectivity index (χ0n) is 17.6. The van der Waals surface area contributed by atoms with Crippen molar-refractivity contribution in [2.75, 3.05) is 18.5 Å². The summed E-state index contributed by atoms with van der Waals surface area (Å²) >= 11 is 6.19. The molecule has 7 nitrogen and oxygen atoms in total. The first-order chi connectivity index (χ1) is 14.8. The number of ether oxygens (including phenoxy) is 2. The molecule has 0 atom stereocenters. The molecule has 0 aliphatic heterocycles. The number of hydrogen-bond donors (Lipinski definition) is 2. The van der Waals surface area contributed by atoms with Crippen molar-refractivity contribution in [2.24, 2.45) is 0 Å². The van der Waals surface area contributed by atoms with E-state index in [0.29, 0.717) is 29.9 Å². The molecule has 0 fully saturated rings. The number of carboxylic acids is 1. The zero-order valence-corrected chi connectivity index (χ0v) is 18.4. The number of anilines is 1. The van der Waals surface area contributed by atoms with Gasteiger partial charge in [-0.25, -0.2) is 14.8 Å². The van der Waals surface area contributed by atoms with E-state index in [2.05, 4.69) is 15.3 Å². The smallest absolute Gasteiger partial charge is 0.339 e. The van der Waals surface area contributed by atoms with Crippen LogP contribution in [0.3, 0.4) is 0 Å². The molecule has 0 bridgehead atoms. The zero-order chi connectivity index (χ0) is 22.4. The van der Waals surface area contributed by atoms with E-state index in [1.807, 2.05) is 45.0 Å². The van der Waals surface area contributed by atoms with Crippen molar-refractivity contribution in [1.82, 2.24) is 9.97 Å². The molecule has 0 aliphatic carbocycles. The highest BCUT2D eigenvalue weighted by Gasteiger charge is 2.15. The van der Waals surface area contributed by atoms with Crippen LogP contribution in [0.5, 0.6) is 11.5 Å². The third kappa shape index (κ3) is 5.86. The lowest BCUT2D eigenvalue weighted by Crippen LogP contribution is -2.16. The molecule has 8 heteroatoms. The van der Waals surface area contributed by atoms with Gasteiger partial charge in [0.05, 0.1) is 12.2 Å². The first-order valence-electron chi connectivity index (χ1n) is 9.76. The lowest BCUT2D eigenvalue weighted by molar-refractivity contribution is 0.0692. The van der Waals surface area contributed by atoms with Gasteiger partial charge in [0.25, 0.3) is 0 Å². The Morgan fingerprint density at radius 1 is 1.10 bits per heavy atom. The average Bonchev–Trinajstić information content (AvgIpc) is 2.74. The van der Waals surface area contributed by atoms with Gasteiger partial charge in [-0.3, -0.25) is 0 Å². The molecule has 0 radical (unpaired) electrons. The molecule has 2 N–H and O–H groups in total. The highest BCUT2D eigenvalue weighted by molar-refractivity contribution is 6.32. The average molecular weight is 442 g/mol. The van der Waals surface area contributed by atoms with E-state index in [0.717, 1.165) is 22.4 Å². The fourth-order valence-corrected chi connectivity index (χ4v) is 3.08. The maximum absolute atomic E-state index is 11.6. The highest BCUT2D eigenvalue weighted by atomic mass is 35.5. The van der Waals surface area contributed by atoms with E-state index in [-0.39, 0.29) is 17.9 Å². The maximum Gasteiger partial charge on any atom is 0.339 e. The third-order valence-corrected chi connectivity index (χ3v) is 5.22. The predicted molar refractivity (Wildman–Crippen MR) is 119 cm³/mol. The van der Waals surface area contributed by atoms with E-state index >= 15 is 0 Å². The fraction of sp³-hybridized carbons (Fsp3) is 0.261. The van der Waals surface area contributed by atoms with Gasteiger partial charge in [-0.15, -0.1) is 0 Å². The Morgan fingerprint density at radius 2 is 1.81 bits per heavy atom. The molecular weight excluding hydrogens is 418 g/mol. The Morgan fingerprint density at radius 3 is 2.48 bits per heavy atom. The number of halogens is 1. The van der Waals surface area contributed by atoms with Crippen LogP contribution in [0.15, 0.2) is 42.6 Å². The standard InChI is InChI=1S/C23H24ClN3O4/c1-14-6-4-5-7-20(14)30-9-8-25-23-26-12-18(22(28)29)19(27-23)13-31-17-10-15(2)21(24)16(3)11-17/h4-7,10-12H,8-9,13H2,1-3H3,(H,28,29)(H,25,26,27). The van der Waals surface area contributed by atoms with Gasteiger partial charge in [-0.2, -0.15) is 0 Å². The van der Waals surface area contributed by atoms with Crippen LogP contribution in [0.25, 0.3) is 0 Å². The van der Waals surface area contributed by atoms with Gasteiger partial charge in [0, 0.05) is 11.2 Å². The minimum absolute atomic E-state index is 0.0101. The first-order valence-corrected chi connectivity index (χ1v) is 10.1. The number of nitrogens with zero attached hydrogens (tertiary/aromatic N) is 2. The SMILES string of the molecule is Cc1ccccc1OCCNc1ncc(C(=O)O)c(COc2cc(C)c(Cl)c(C)c2)n1. The summed E-state index contributed by atoms with van der Waals surface area (Å²) in [5.41, 5.74) is 3.08. The second kappa shape index (κ2) is 10.1. The Kier molecular flexibility index (Phi) is 7.31. The molecule has 1 aromatic heterocycles. The van der Waals surface area contributed by atoms with Gasteiger partial charge in [0.2, 0.25) is 5.95 Å². The van der Waals surface area contributed by atoms with Crippen LogP contribution in [0, 0.1) is 20.8 Å². The molecular formula is C23H24ClN3O4. The highest BCUT2D eigenvalue weighted by Crippen LogP contribution is 2.26. The van der Waals surface area contributed by atoms with Crippen LogP contribution in [0.4, 0.5) is 5.95 Å². The van der Waals surface area contributed by atoms with Crippen LogP contribution in [0.1, 0.15) is 32.7 Å². The fourth-order valence-electron chi connectivity index (χ4n) is 2.97. The molecule has 2 aromatic carbocycles. The van der Waals surface area contributed by atoms with Crippen LogP contribution in [-0.2, 0) is 6.61 Å². The summed E-state index contributed by atoms with van der Waals surface area (Å²) in [4.78, 5) is 20.0. The maximum atomic E-state index is 11.6. The Hall–Kier alpha value is -3.32. The van der Waals surface area contributed by atoms with Crippen LogP contribution >= 0.6 is 11.6 Å². The summed E-state index contributed by atoms with van der Waals surface area (Å²) in [6.45, 7) is 6.60. The number of hydrogen-bond acceptors (Lipinski definition) is 6. The molecule has 31 heavy (non-hydrogen) atoms. The van der Waals surface area contributed by atoms with Crippen LogP contribution < -0.4 is 14.8 Å². The summed E-state index contributed by atoms with van der Waals surface area (Å²) in [5, 5.41) is 13.2. The molecule has 1 heterocycles. The summed E-state index contributed by atoms with van der Waals surface area (Å²) in [7, 11) is 0. The van der Waals surface area contributed by atoms with Gasteiger partial charge in [-0.1, -0.05) is 29.8 Å². The first kappa shape index (κ1) is 22.4. The van der Waals surface area contributed by atoms with Gasteiger partial charge >= 0.3 is 5.97 Å². The molecule has 162 valence electrons. The van der Waals surface area contributed by atoms with Crippen molar-refractivity contribution in [3.63, 3.8) is 0 Å². The number of carbonyl (C=O) groups is 1. The van der Waals surface area contributed by atoms with Crippen molar-refractivity contribution >= 4 is 23.5 Å². The lowest BCUT2D eigenvalue weighted by Gasteiger charge is -2.13. The lowest BCUT2D eigenvalue weighted by atomic mass is 10.1. The largest absolute Gasteiger partial charge is 0.491 e. The quantitative estimate of drug-likeness (QED) is 0.459. The number of carboxylic acid groups (broad SMARTS) is 1. The van der Waals surface area contributed by atoms with Gasteiger partial charge < -0.3 is 19.9 Å². The number of benzene rings is 2. The second-order valence-electron chi connectivity index (χ2n) is 7.06. The molecule has 0 unspecified atom stereocenters.